The summed E-state index contributed by atoms with van der Waals surface area (Å²) in [5.41, 5.74) is 1.40. The van der Waals surface area contributed by atoms with Crippen LogP contribution in [0.4, 0.5) is 5.82 Å². The van der Waals surface area contributed by atoms with Gasteiger partial charge in [-0.3, -0.25) is 9.48 Å². The number of carbonyl (C=O) groups is 1. The molecule has 0 spiro atoms. The van der Waals surface area contributed by atoms with Crippen LogP contribution in [0.3, 0.4) is 0 Å². The van der Waals surface area contributed by atoms with Crippen molar-refractivity contribution in [2.45, 2.75) is 20.0 Å². The number of amides is 1. The lowest BCUT2D eigenvalue weighted by molar-refractivity contribution is -0.390. The second-order valence-electron chi connectivity index (χ2n) is 4.44. The van der Waals surface area contributed by atoms with E-state index in [1.165, 1.54) is 4.68 Å². The Kier molecular flexibility index (Phi) is 4.36. The minimum atomic E-state index is -0.596. The monoisotopic (exact) mass is 356 g/mol. The fourth-order valence-corrected chi connectivity index (χ4v) is 2.16. The molecule has 21 heavy (non-hydrogen) atoms. The van der Waals surface area contributed by atoms with E-state index in [1.54, 1.807) is 31.0 Å². The molecule has 0 radical (unpaired) electrons. The van der Waals surface area contributed by atoms with Crippen molar-refractivity contribution in [1.29, 1.82) is 0 Å². The molecule has 0 unspecified atom stereocenters. The van der Waals surface area contributed by atoms with Crippen LogP contribution in [0.25, 0.3) is 0 Å². The number of aryl methyl sites for hydroxylation is 1. The van der Waals surface area contributed by atoms with E-state index >= 15 is 0 Å². The van der Waals surface area contributed by atoms with Gasteiger partial charge in [-0.05, 0) is 27.8 Å². The van der Waals surface area contributed by atoms with Crippen LogP contribution >= 0.6 is 15.9 Å². The van der Waals surface area contributed by atoms with Gasteiger partial charge in [0.05, 0.1) is 17.0 Å². The van der Waals surface area contributed by atoms with Crippen molar-refractivity contribution >= 4 is 27.7 Å². The number of rotatable bonds is 5. The lowest BCUT2D eigenvalue weighted by Gasteiger charge is -2.02. The lowest BCUT2D eigenvalue weighted by atomic mass is 10.3. The molecule has 0 bridgehead atoms. The summed E-state index contributed by atoms with van der Waals surface area (Å²) < 4.78 is 3.22. The Balaban J connectivity index is 1.99. The van der Waals surface area contributed by atoms with Gasteiger partial charge in [0.25, 0.3) is 0 Å². The molecule has 112 valence electrons. The summed E-state index contributed by atoms with van der Waals surface area (Å²) in [5, 5.41) is 21.3. The molecular formula is C11H13BrN6O3. The van der Waals surface area contributed by atoms with Crippen LogP contribution in [0.15, 0.2) is 16.9 Å². The lowest BCUT2D eigenvalue weighted by Crippen LogP contribution is -2.27. The number of nitro groups is 1. The van der Waals surface area contributed by atoms with Gasteiger partial charge in [-0.15, -0.1) is 0 Å². The molecule has 10 heteroatoms. The number of nitrogens with zero attached hydrogens (tertiary/aromatic N) is 5. The van der Waals surface area contributed by atoms with Crippen molar-refractivity contribution < 1.29 is 9.72 Å². The first kappa shape index (κ1) is 15.2. The minimum absolute atomic E-state index is 0.0848. The average molecular weight is 357 g/mol. The van der Waals surface area contributed by atoms with E-state index in [9.17, 15) is 14.9 Å². The zero-order chi connectivity index (χ0) is 15.6. The quantitative estimate of drug-likeness (QED) is 0.632. The second-order valence-corrected chi connectivity index (χ2v) is 5.23. The summed E-state index contributed by atoms with van der Waals surface area (Å²) in [6, 6.07) is 0. The van der Waals surface area contributed by atoms with Gasteiger partial charge in [0, 0.05) is 25.4 Å². The molecule has 0 saturated carbocycles. The van der Waals surface area contributed by atoms with E-state index in [-0.39, 0.29) is 22.7 Å². The van der Waals surface area contributed by atoms with Gasteiger partial charge in [-0.2, -0.15) is 9.78 Å². The topological polar surface area (TPSA) is 108 Å². The Hall–Kier alpha value is -2.23. The van der Waals surface area contributed by atoms with E-state index in [1.807, 2.05) is 0 Å². The highest BCUT2D eigenvalue weighted by atomic mass is 79.9. The van der Waals surface area contributed by atoms with Gasteiger partial charge in [0.2, 0.25) is 5.91 Å². The molecule has 0 aromatic carbocycles. The van der Waals surface area contributed by atoms with Gasteiger partial charge in [-0.25, -0.2) is 0 Å². The Labute approximate surface area is 128 Å². The van der Waals surface area contributed by atoms with E-state index in [0.717, 1.165) is 5.56 Å². The molecule has 1 N–H and O–H groups in total. The Morgan fingerprint density at radius 1 is 1.57 bits per heavy atom. The molecule has 2 aromatic rings. The first-order valence-electron chi connectivity index (χ1n) is 6.00. The molecule has 2 aromatic heterocycles. The van der Waals surface area contributed by atoms with Crippen LogP contribution in [-0.2, 0) is 24.9 Å². The smallest absolute Gasteiger partial charge is 0.358 e. The SMILES string of the molecule is Cc1c(Br)c([N+](=O)[O-])nn1CC(=O)NCc1cnn(C)c1. The summed E-state index contributed by atoms with van der Waals surface area (Å²) in [4.78, 5) is 22.0. The zero-order valence-corrected chi connectivity index (χ0v) is 13.0. The van der Waals surface area contributed by atoms with E-state index in [0.29, 0.717) is 12.2 Å². The maximum Gasteiger partial charge on any atom is 0.404 e. The van der Waals surface area contributed by atoms with Crippen LogP contribution in [0.5, 0.6) is 0 Å². The number of aromatic nitrogens is 4. The highest BCUT2D eigenvalue weighted by Crippen LogP contribution is 2.26. The number of nitrogens with one attached hydrogen (secondary N) is 1. The van der Waals surface area contributed by atoms with Crippen molar-refractivity contribution in [3.05, 3.63) is 38.2 Å². The van der Waals surface area contributed by atoms with Crippen LogP contribution in [0, 0.1) is 17.0 Å². The van der Waals surface area contributed by atoms with Gasteiger partial charge in [0.1, 0.15) is 11.0 Å². The molecule has 0 aliphatic heterocycles. The van der Waals surface area contributed by atoms with Crippen LogP contribution in [-0.4, -0.2) is 30.4 Å². The third kappa shape index (κ3) is 3.45. The predicted molar refractivity (Wildman–Crippen MR) is 76.4 cm³/mol. The molecule has 9 nitrogen and oxygen atoms in total. The second kappa shape index (κ2) is 6.04. The molecule has 2 rings (SSSR count). The van der Waals surface area contributed by atoms with Crippen molar-refractivity contribution in [3.63, 3.8) is 0 Å². The molecule has 0 fully saturated rings. The zero-order valence-electron chi connectivity index (χ0n) is 11.4. The first-order valence-corrected chi connectivity index (χ1v) is 6.79. The number of halogens is 1. The summed E-state index contributed by atoms with van der Waals surface area (Å²) in [7, 11) is 1.79. The third-order valence-corrected chi connectivity index (χ3v) is 3.76. The molecule has 2 heterocycles. The third-order valence-electron chi connectivity index (χ3n) is 2.83. The largest absolute Gasteiger partial charge is 0.404 e. The summed E-state index contributed by atoms with van der Waals surface area (Å²) >= 11 is 3.10. The highest BCUT2D eigenvalue weighted by Gasteiger charge is 2.24. The van der Waals surface area contributed by atoms with Gasteiger partial charge in [0.15, 0.2) is 0 Å². The Morgan fingerprint density at radius 3 is 2.81 bits per heavy atom. The fourth-order valence-electron chi connectivity index (χ4n) is 1.73. The molecule has 0 atom stereocenters. The van der Waals surface area contributed by atoms with Crippen LogP contribution in [0.2, 0.25) is 0 Å². The average Bonchev–Trinajstić information content (AvgIpc) is 2.95. The summed E-state index contributed by atoms with van der Waals surface area (Å²) in [6.45, 7) is 1.91. The van der Waals surface area contributed by atoms with Gasteiger partial charge >= 0.3 is 5.82 Å². The standard InChI is InChI=1S/C11H13BrN6O3/c1-7-10(12)11(18(20)21)15-17(7)6-9(19)13-3-8-4-14-16(2)5-8/h4-5H,3,6H2,1-2H3,(H,13,19). The normalized spacial score (nSPS) is 10.6. The molecule has 0 saturated heterocycles. The molecular weight excluding hydrogens is 344 g/mol. The van der Waals surface area contributed by atoms with Crippen molar-refractivity contribution in [1.82, 2.24) is 24.9 Å². The minimum Gasteiger partial charge on any atom is -0.358 e. The van der Waals surface area contributed by atoms with Crippen LogP contribution in [0.1, 0.15) is 11.3 Å². The van der Waals surface area contributed by atoms with E-state index in [4.69, 9.17) is 0 Å². The number of hydrogen-bond acceptors (Lipinski definition) is 5. The van der Waals surface area contributed by atoms with Gasteiger partial charge in [-0.1, -0.05) is 0 Å². The predicted octanol–water partition coefficient (Wildman–Crippen LogP) is 0.912. The number of carbonyl (C=O) groups excluding carboxylic acids is 1. The highest BCUT2D eigenvalue weighted by molar-refractivity contribution is 9.10. The maximum absolute atomic E-state index is 11.9. The Morgan fingerprint density at radius 2 is 2.29 bits per heavy atom. The van der Waals surface area contributed by atoms with E-state index < -0.39 is 4.92 Å². The Bertz CT molecular complexity index is 692. The molecule has 1 amide bonds. The first-order chi connectivity index (χ1) is 9.88. The summed E-state index contributed by atoms with van der Waals surface area (Å²) in [6.07, 6.45) is 3.45. The van der Waals surface area contributed by atoms with Crippen molar-refractivity contribution in [3.8, 4) is 0 Å². The summed E-state index contributed by atoms with van der Waals surface area (Å²) in [5.74, 6) is -0.584. The number of hydrogen-bond donors (Lipinski definition) is 1. The van der Waals surface area contributed by atoms with Gasteiger partial charge < -0.3 is 15.4 Å². The van der Waals surface area contributed by atoms with Crippen molar-refractivity contribution in [2.24, 2.45) is 7.05 Å². The van der Waals surface area contributed by atoms with E-state index in [2.05, 4.69) is 31.4 Å². The fraction of sp³-hybridized carbons (Fsp3) is 0.364. The van der Waals surface area contributed by atoms with Crippen LogP contribution < -0.4 is 5.32 Å². The maximum atomic E-state index is 11.9. The molecule has 0 aliphatic carbocycles. The molecule has 0 aliphatic rings. The van der Waals surface area contributed by atoms with Crippen molar-refractivity contribution in [2.75, 3.05) is 0 Å².